The molecule has 1 N–H and O–H groups in total. The Morgan fingerprint density at radius 1 is 1.03 bits per heavy atom. The number of aryl methyl sites for hydroxylation is 2. The van der Waals surface area contributed by atoms with Crippen molar-refractivity contribution >= 4 is 22.4 Å². The first-order chi connectivity index (χ1) is 15.0. The zero-order chi connectivity index (χ0) is 21.2. The molecule has 0 bridgehead atoms. The second kappa shape index (κ2) is 6.68. The maximum absolute atomic E-state index is 15.1. The minimum absolute atomic E-state index is 0.304. The van der Waals surface area contributed by atoms with Crippen LogP contribution in [0.25, 0.3) is 27.8 Å². The molecular formula is C23H24FN7. The molecule has 158 valence electrons. The van der Waals surface area contributed by atoms with Gasteiger partial charge in [-0.2, -0.15) is 5.10 Å². The van der Waals surface area contributed by atoms with E-state index in [1.54, 1.807) is 4.52 Å². The van der Waals surface area contributed by atoms with E-state index in [9.17, 15) is 0 Å². The molecule has 2 fully saturated rings. The van der Waals surface area contributed by atoms with Crippen LogP contribution in [0.15, 0.2) is 30.5 Å². The first-order valence-electron chi connectivity index (χ1n) is 10.8. The average molecular weight is 417 g/mol. The highest BCUT2D eigenvalue weighted by Gasteiger charge is 2.44. The Hall–Kier alpha value is -3.13. The van der Waals surface area contributed by atoms with Crippen LogP contribution in [-0.4, -0.2) is 51.0 Å². The number of benzene rings is 1. The molecule has 0 unspecified atom stereocenters. The van der Waals surface area contributed by atoms with E-state index < -0.39 is 0 Å². The summed E-state index contributed by atoms with van der Waals surface area (Å²) in [5.74, 6) is 0.453. The molecule has 0 saturated carbocycles. The Labute approximate surface area is 179 Å². The summed E-state index contributed by atoms with van der Waals surface area (Å²) in [5.41, 5.74) is 4.99. The number of nitrogens with one attached hydrogen (secondary N) is 1. The highest BCUT2D eigenvalue weighted by Crippen LogP contribution is 2.41. The molecule has 5 heterocycles. The Morgan fingerprint density at radius 2 is 1.84 bits per heavy atom. The minimum Gasteiger partial charge on any atom is -0.354 e. The largest absolute Gasteiger partial charge is 0.354 e. The summed E-state index contributed by atoms with van der Waals surface area (Å²) in [6, 6.07) is 7.16. The van der Waals surface area contributed by atoms with Crippen LogP contribution >= 0.6 is 0 Å². The lowest BCUT2D eigenvalue weighted by molar-refractivity contribution is 0.149. The molecule has 0 aliphatic carbocycles. The van der Waals surface area contributed by atoms with Gasteiger partial charge in [0.1, 0.15) is 5.82 Å². The van der Waals surface area contributed by atoms with Crippen LogP contribution in [0.4, 0.5) is 10.2 Å². The lowest BCUT2D eigenvalue weighted by Gasteiger charge is -2.52. The zero-order valence-electron chi connectivity index (χ0n) is 17.7. The van der Waals surface area contributed by atoms with E-state index in [4.69, 9.17) is 0 Å². The lowest BCUT2D eigenvalue weighted by atomic mass is 9.72. The standard InChI is InChI=1S/C23H24FN7/c1-14-7-19(29-31-11-15(2)26-22(14)31)16-8-18(24)17-10-21(28-27-20(17)9-16)30-12-23(13-30)3-5-25-6-4-23/h7-11,25H,3-6,12-13H2,1-2H3. The van der Waals surface area contributed by atoms with Crippen molar-refractivity contribution in [2.45, 2.75) is 26.7 Å². The van der Waals surface area contributed by atoms with E-state index >= 15 is 4.39 Å². The third-order valence-electron chi connectivity index (χ3n) is 6.71. The van der Waals surface area contributed by atoms with Crippen LogP contribution in [0.1, 0.15) is 24.1 Å². The van der Waals surface area contributed by atoms with Crippen LogP contribution in [0.2, 0.25) is 0 Å². The fraction of sp³-hybridized carbons (Fsp3) is 0.391. The molecule has 0 amide bonds. The van der Waals surface area contributed by atoms with Crippen molar-refractivity contribution in [1.29, 1.82) is 0 Å². The molecule has 6 rings (SSSR count). The predicted molar refractivity (Wildman–Crippen MR) is 118 cm³/mol. The molecule has 0 atom stereocenters. The van der Waals surface area contributed by atoms with Gasteiger partial charge in [-0.25, -0.2) is 13.9 Å². The van der Waals surface area contributed by atoms with E-state index in [1.165, 1.54) is 18.9 Å². The Morgan fingerprint density at radius 3 is 2.65 bits per heavy atom. The highest BCUT2D eigenvalue weighted by molar-refractivity contribution is 5.86. The van der Waals surface area contributed by atoms with Crippen LogP contribution in [0, 0.1) is 25.1 Å². The number of nitrogens with zero attached hydrogens (tertiary/aromatic N) is 6. The summed E-state index contributed by atoms with van der Waals surface area (Å²) >= 11 is 0. The molecule has 2 saturated heterocycles. The molecule has 4 aromatic rings. The molecule has 0 radical (unpaired) electrons. The van der Waals surface area contributed by atoms with E-state index in [2.05, 4.69) is 30.5 Å². The van der Waals surface area contributed by atoms with Gasteiger partial charge in [-0.1, -0.05) is 0 Å². The normalized spacial score (nSPS) is 18.1. The quantitative estimate of drug-likeness (QED) is 0.540. The number of aromatic nitrogens is 5. The number of rotatable bonds is 2. The third kappa shape index (κ3) is 3.05. The summed E-state index contributed by atoms with van der Waals surface area (Å²) in [6.45, 7) is 8.02. The minimum atomic E-state index is -0.304. The number of piperidine rings is 1. The van der Waals surface area contributed by atoms with Gasteiger partial charge in [0.2, 0.25) is 0 Å². The summed E-state index contributed by atoms with van der Waals surface area (Å²) in [7, 11) is 0. The maximum atomic E-state index is 15.1. The Kier molecular flexibility index (Phi) is 4.02. The molecule has 31 heavy (non-hydrogen) atoms. The topological polar surface area (TPSA) is 71.2 Å². The van der Waals surface area contributed by atoms with Gasteiger partial charge >= 0.3 is 0 Å². The van der Waals surface area contributed by atoms with Gasteiger partial charge in [-0.15, -0.1) is 10.2 Å². The number of anilines is 1. The number of hydrogen-bond acceptors (Lipinski definition) is 6. The van der Waals surface area contributed by atoms with E-state index in [0.717, 1.165) is 48.9 Å². The molecule has 7 nitrogen and oxygen atoms in total. The number of hydrogen-bond donors (Lipinski definition) is 1. The Balaban J connectivity index is 1.34. The number of halogens is 1. The molecule has 2 aliphatic rings. The fourth-order valence-corrected chi connectivity index (χ4v) is 4.98. The molecule has 1 aromatic carbocycles. The van der Waals surface area contributed by atoms with Crippen LogP contribution in [0.5, 0.6) is 0 Å². The van der Waals surface area contributed by atoms with Gasteiger partial charge < -0.3 is 10.2 Å². The second-order valence-corrected chi connectivity index (χ2v) is 9.06. The smallest absolute Gasteiger partial charge is 0.156 e. The monoisotopic (exact) mass is 417 g/mol. The molecular weight excluding hydrogens is 393 g/mol. The summed E-state index contributed by atoms with van der Waals surface area (Å²) < 4.78 is 16.9. The van der Waals surface area contributed by atoms with Gasteiger partial charge in [-0.3, -0.25) is 0 Å². The van der Waals surface area contributed by atoms with Crippen molar-refractivity contribution in [3.05, 3.63) is 47.5 Å². The summed E-state index contributed by atoms with van der Waals surface area (Å²) in [6.07, 6.45) is 4.25. The van der Waals surface area contributed by atoms with Gasteiger partial charge in [0.25, 0.3) is 0 Å². The highest BCUT2D eigenvalue weighted by atomic mass is 19.1. The van der Waals surface area contributed by atoms with Crippen molar-refractivity contribution in [2.24, 2.45) is 5.41 Å². The average Bonchev–Trinajstić information content (AvgIpc) is 3.13. The first kappa shape index (κ1) is 18.6. The third-order valence-corrected chi connectivity index (χ3v) is 6.71. The van der Waals surface area contributed by atoms with Gasteiger partial charge in [0.15, 0.2) is 11.5 Å². The first-order valence-corrected chi connectivity index (χ1v) is 10.8. The summed E-state index contributed by atoms with van der Waals surface area (Å²) in [5, 5.41) is 17.3. The van der Waals surface area contributed by atoms with E-state index in [0.29, 0.717) is 27.6 Å². The molecule has 3 aromatic heterocycles. The number of fused-ring (bicyclic) bond motifs is 2. The zero-order valence-corrected chi connectivity index (χ0v) is 17.7. The maximum Gasteiger partial charge on any atom is 0.156 e. The molecule has 8 heteroatoms. The lowest BCUT2D eigenvalue weighted by Crippen LogP contribution is -2.60. The van der Waals surface area contributed by atoms with E-state index in [1.807, 2.05) is 38.2 Å². The van der Waals surface area contributed by atoms with Crippen LogP contribution in [0.3, 0.4) is 0 Å². The van der Waals surface area contributed by atoms with E-state index in [-0.39, 0.29) is 5.82 Å². The number of imidazole rings is 1. The molecule has 2 aliphatic heterocycles. The predicted octanol–water partition coefficient (Wildman–Crippen LogP) is 3.29. The molecule has 1 spiro atoms. The van der Waals surface area contributed by atoms with Gasteiger partial charge in [-0.05, 0) is 69.6 Å². The van der Waals surface area contributed by atoms with Crippen LogP contribution in [-0.2, 0) is 0 Å². The Bertz CT molecular complexity index is 1310. The fourth-order valence-electron chi connectivity index (χ4n) is 4.98. The van der Waals surface area contributed by atoms with Crippen molar-refractivity contribution in [3.8, 4) is 11.3 Å². The van der Waals surface area contributed by atoms with Crippen LogP contribution < -0.4 is 10.2 Å². The second-order valence-electron chi connectivity index (χ2n) is 9.06. The van der Waals surface area contributed by atoms with Crippen molar-refractivity contribution in [1.82, 2.24) is 30.1 Å². The van der Waals surface area contributed by atoms with Crippen molar-refractivity contribution in [2.75, 3.05) is 31.1 Å². The summed E-state index contributed by atoms with van der Waals surface area (Å²) in [4.78, 5) is 6.70. The SMILES string of the molecule is Cc1cn2nc(-c3cc(F)c4cc(N5CC6(CCNCC6)C5)nnc4c3)cc(C)c2n1. The van der Waals surface area contributed by atoms with Crippen molar-refractivity contribution in [3.63, 3.8) is 0 Å². The van der Waals surface area contributed by atoms with Crippen molar-refractivity contribution < 1.29 is 4.39 Å². The van der Waals surface area contributed by atoms with Gasteiger partial charge in [0, 0.05) is 29.5 Å². The van der Waals surface area contributed by atoms with Gasteiger partial charge in [0.05, 0.1) is 23.1 Å².